The monoisotopic (exact) mass is 707 g/mol. The van der Waals surface area contributed by atoms with E-state index in [9.17, 15) is 68.0 Å². The summed E-state index contributed by atoms with van der Waals surface area (Å²) in [6.07, 6.45) is -12.6. The molecule has 0 saturated carbocycles. The summed E-state index contributed by atoms with van der Waals surface area (Å²) in [5, 5.41) is 40.5. The molecular formula is C18H22N4O20P3-3. The van der Waals surface area contributed by atoms with Crippen LogP contribution in [0, 0.1) is 0 Å². The van der Waals surface area contributed by atoms with E-state index in [1.807, 2.05) is 9.97 Å². The van der Waals surface area contributed by atoms with Gasteiger partial charge < -0.3 is 53.6 Å². The Labute approximate surface area is 247 Å². The maximum Gasteiger partial charge on any atom is 0.330 e. The van der Waals surface area contributed by atoms with E-state index in [0.717, 1.165) is 24.5 Å². The van der Waals surface area contributed by atoms with E-state index in [4.69, 9.17) is 9.47 Å². The third-order valence-electron chi connectivity index (χ3n) is 6.12. The zero-order valence-electron chi connectivity index (χ0n) is 21.9. The Bertz CT molecular complexity index is 1650. The van der Waals surface area contributed by atoms with Crippen LogP contribution >= 0.6 is 23.5 Å². The van der Waals surface area contributed by atoms with Crippen LogP contribution in [0.1, 0.15) is 12.5 Å². The maximum absolute atomic E-state index is 12.1. The van der Waals surface area contributed by atoms with Gasteiger partial charge in [0.15, 0.2) is 12.5 Å². The van der Waals surface area contributed by atoms with Gasteiger partial charge in [-0.3, -0.25) is 42.4 Å². The topological polar surface area (TPSA) is 366 Å². The number of rotatable bonds is 12. The summed E-state index contributed by atoms with van der Waals surface area (Å²) in [6.45, 7) is -2.48. The molecule has 6 N–H and O–H groups in total. The lowest BCUT2D eigenvalue weighted by atomic mass is 10.1. The average molecular weight is 707 g/mol. The molecule has 0 radical (unpaired) electrons. The molecule has 2 fully saturated rings. The molecule has 2 aromatic heterocycles. The van der Waals surface area contributed by atoms with E-state index in [1.165, 1.54) is 0 Å². The van der Waals surface area contributed by atoms with Crippen LogP contribution in [0.25, 0.3) is 0 Å². The van der Waals surface area contributed by atoms with Crippen molar-refractivity contribution in [2.45, 2.75) is 49.1 Å². The van der Waals surface area contributed by atoms with Crippen molar-refractivity contribution in [1.82, 2.24) is 19.1 Å². The smallest absolute Gasteiger partial charge is 0.330 e. The van der Waals surface area contributed by atoms with E-state index in [2.05, 4.69) is 17.7 Å². The molecule has 2 aliphatic heterocycles. The zero-order valence-corrected chi connectivity index (χ0v) is 24.6. The Morgan fingerprint density at radius 2 is 1.02 bits per heavy atom. The molecule has 0 spiro atoms. The van der Waals surface area contributed by atoms with Crippen molar-refractivity contribution in [2.24, 2.45) is 0 Å². The fraction of sp³-hybridized carbons (Fsp3) is 0.556. The third-order valence-corrected chi connectivity index (χ3v) is 10.2. The largest absolute Gasteiger partial charge is 0.756 e. The molecule has 4 rings (SSSR count). The van der Waals surface area contributed by atoms with Crippen LogP contribution in [0.2, 0.25) is 0 Å². The van der Waals surface area contributed by atoms with Crippen molar-refractivity contribution in [2.75, 3.05) is 13.2 Å². The molecule has 27 heteroatoms. The van der Waals surface area contributed by atoms with Gasteiger partial charge in [-0.05, 0) is 0 Å². The Balaban J connectivity index is 1.31. The van der Waals surface area contributed by atoms with Gasteiger partial charge in [0.2, 0.25) is 0 Å². The van der Waals surface area contributed by atoms with Gasteiger partial charge in [-0.25, -0.2) is 18.2 Å². The lowest BCUT2D eigenvalue weighted by Crippen LogP contribution is -2.37. The number of ether oxygens (including phenoxy) is 2. The highest BCUT2D eigenvalue weighted by atomic mass is 31.3. The molecule has 11 atom stereocenters. The van der Waals surface area contributed by atoms with Gasteiger partial charge in [-0.15, -0.1) is 0 Å². The second-order valence-corrected chi connectivity index (χ2v) is 13.7. The van der Waals surface area contributed by atoms with E-state index < -0.39 is 108 Å². The van der Waals surface area contributed by atoms with Gasteiger partial charge in [0, 0.05) is 24.5 Å². The van der Waals surface area contributed by atoms with Crippen molar-refractivity contribution in [3.63, 3.8) is 0 Å². The standard InChI is InChI=1S/C18H25N4O20P3/c23-9-1-3-21(17(29)19-9)15-13(27)11(25)7(39-15)5-37-43(31,32)41-45(35,36)42-44(33,34)38-6-8-12(26)14(28)16(40-8)22-4-2-10(24)20-18(22)30/h1-4,7-8,11-16,25-28H,5-6H2,(H,31,32)(H,33,34)(H,35,36)(H,19,23,29)(H,20,24,30)/p-3/t7-,8+,11+,12?,13?,14-,15-,16+/m0/s1. The SMILES string of the molecule is O=c1ccn([C@@H]2O[C@H](COP(=O)([O-])OP(=O)([O-])OP(=O)([O-])OC[C@@H]3O[C@H](n4ccc(=O)[nH]c4=O)C(O)[C@@H]3O)C(O)[C@@H]2O)c(=O)[nH]1. The lowest BCUT2D eigenvalue weighted by Gasteiger charge is -2.34. The number of aromatic amines is 2. The number of hydrogen-bond acceptors (Lipinski definition) is 20. The molecule has 0 amide bonds. The average Bonchev–Trinajstić information content (AvgIpc) is 3.35. The van der Waals surface area contributed by atoms with E-state index in [0.29, 0.717) is 9.13 Å². The number of aromatic nitrogens is 4. The first-order chi connectivity index (χ1) is 20.8. The quantitative estimate of drug-likeness (QED) is 0.112. The van der Waals surface area contributed by atoms with Crippen molar-refractivity contribution in [1.29, 1.82) is 0 Å². The predicted molar refractivity (Wildman–Crippen MR) is 131 cm³/mol. The first-order valence-corrected chi connectivity index (χ1v) is 16.5. The normalized spacial score (nSPS) is 32.5. The number of nitrogens with one attached hydrogen (secondary N) is 2. The highest BCUT2D eigenvalue weighted by Crippen LogP contribution is 2.63. The van der Waals surface area contributed by atoms with E-state index >= 15 is 0 Å². The number of nitrogens with zero attached hydrogens (tertiary/aromatic N) is 2. The molecule has 0 aromatic carbocycles. The fourth-order valence-corrected chi connectivity index (χ4v) is 7.47. The van der Waals surface area contributed by atoms with Gasteiger partial charge >= 0.3 is 11.4 Å². The Kier molecular flexibility index (Phi) is 10.5. The number of aliphatic hydroxyl groups is 4. The Hall–Kier alpha value is -2.47. The number of hydrogen-bond donors (Lipinski definition) is 6. The van der Waals surface area contributed by atoms with E-state index in [-0.39, 0.29) is 0 Å². The van der Waals surface area contributed by atoms with E-state index in [1.54, 1.807) is 0 Å². The molecule has 45 heavy (non-hydrogen) atoms. The van der Waals surface area contributed by atoms with Crippen LogP contribution in [0.15, 0.2) is 43.7 Å². The molecule has 252 valence electrons. The minimum absolute atomic E-state index is 0.647. The van der Waals surface area contributed by atoms with Gasteiger partial charge in [0.25, 0.3) is 34.6 Å². The van der Waals surface area contributed by atoms with Gasteiger partial charge in [0.1, 0.15) is 36.6 Å². The highest BCUT2D eigenvalue weighted by Gasteiger charge is 2.46. The molecule has 2 aliphatic rings. The maximum atomic E-state index is 12.1. The van der Waals surface area contributed by atoms with Crippen molar-refractivity contribution >= 4 is 23.5 Å². The lowest BCUT2D eigenvalue weighted by molar-refractivity contribution is -0.252. The molecule has 0 bridgehead atoms. The summed E-state index contributed by atoms with van der Waals surface area (Å²) in [4.78, 5) is 86.1. The van der Waals surface area contributed by atoms with Crippen LogP contribution in [-0.2, 0) is 40.8 Å². The first kappa shape index (κ1) is 35.4. The number of aliphatic hydroxyl groups excluding tert-OH is 4. The number of phosphoric acid groups is 3. The van der Waals surface area contributed by atoms with Gasteiger partial charge in [-0.1, -0.05) is 0 Å². The predicted octanol–water partition coefficient (Wildman–Crippen LogP) is -6.20. The number of H-pyrrole nitrogens is 2. The Morgan fingerprint density at radius 3 is 1.36 bits per heavy atom. The molecule has 0 aliphatic carbocycles. The molecule has 5 unspecified atom stereocenters. The third kappa shape index (κ3) is 8.47. The van der Waals surface area contributed by atoms with Crippen molar-refractivity contribution < 1.29 is 75.9 Å². The summed E-state index contributed by atoms with van der Waals surface area (Å²) >= 11 is 0. The van der Waals surface area contributed by atoms with Gasteiger partial charge in [0.05, 0.1) is 13.2 Å². The van der Waals surface area contributed by atoms with Crippen molar-refractivity contribution in [3.8, 4) is 0 Å². The first-order valence-electron chi connectivity index (χ1n) is 12.1. The molecule has 2 saturated heterocycles. The second kappa shape index (κ2) is 13.3. The summed E-state index contributed by atoms with van der Waals surface area (Å²) in [7, 11) is -18.4. The molecule has 24 nitrogen and oxygen atoms in total. The molecule has 2 aromatic rings. The summed E-state index contributed by atoms with van der Waals surface area (Å²) in [5.41, 5.74) is -3.74. The van der Waals surface area contributed by atoms with Crippen LogP contribution in [0.4, 0.5) is 0 Å². The Morgan fingerprint density at radius 1 is 0.667 bits per heavy atom. The minimum Gasteiger partial charge on any atom is -0.756 e. The molecular weight excluding hydrogens is 685 g/mol. The minimum atomic E-state index is -6.37. The van der Waals surface area contributed by atoms with Gasteiger partial charge in [-0.2, -0.15) is 0 Å². The van der Waals surface area contributed by atoms with Crippen molar-refractivity contribution in [3.05, 3.63) is 66.2 Å². The van der Waals surface area contributed by atoms with Crippen LogP contribution < -0.4 is 37.2 Å². The summed E-state index contributed by atoms with van der Waals surface area (Å²) in [5.74, 6) is 0. The summed E-state index contributed by atoms with van der Waals surface area (Å²) < 4.78 is 63.6. The zero-order chi connectivity index (χ0) is 33.5. The second-order valence-electron chi connectivity index (χ2n) is 9.22. The van der Waals surface area contributed by atoms with Crippen LogP contribution in [0.3, 0.4) is 0 Å². The van der Waals surface area contributed by atoms with Crippen LogP contribution in [0.5, 0.6) is 0 Å². The highest BCUT2D eigenvalue weighted by molar-refractivity contribution is 7.65. The number of phosphoric ester groups is 2. The van der Waals surface area contributed by atoms with Crippen LogP contribution in [-0.4, -0.2) is 89.4 Å². The molecule has 4 heterocycles. The summed E-state index contributed by atoms with van der Waals surface area (Å²) in [6, 6.07) is 1.75. The fourth-order valence-electron chi connectivity index (χ4n) is 4.09.